The molecule has 1 N–H and O–H groups in total. The number of nitrogens with one attached hydrogen (secondary N) is 1. The third-order valence-electron chi connectivity index (χ3n) is 3.80. The maximum atomic E-state index is 6.03. The first-order chi connectivity index (χ1) is 12.7. The lowest BCUT2D eigenvalue weighted by Crippen LogP contribution is -2.12. The first-order valence-corrected chi connectivity index (χ1v) is 9.86. The van der Waals surface area contributed by atoms with E-state index in [2.05, 4.69) is 28.9 Å². The summed E-state index contributed by atoms with van der Waals surface area (Å²) < 4.78 is 11.7. The summed E-state index contributed by atoms with van der Waals surface area (Å²) in [5.41, 5.74) is 2.20. The van der Waals surface area contributed by atoms with Crippen molar-refractivity contribution in [1.82, 2.24) is 5.32 Å². The fourth-order valence-corrected chi connectivity index (χ4v) is 3.47. The largest absolute Gasteiger partial charge is 0.490 e. The maximum absolute atomic E-state index is 6.03. The number of thiophene rings is 1. The van der Waals surface area contributed by atoms with E-state index >= 15 is 0 Å². The Morgan fingerprint density at radius 3 is 2.62 bits per heavy atom. The van der Waals surface area contributed by atoms with Gasteiger partial charge in [0.15, 0.2) is 11.5 Å². The van der Waals surface area contributed by atoms with Crippen LogP contribution in [0.5, 0.6) is 11.5 Å². The van der Waals surface area contributed by atoms with Gasteiger partial charge in [-0.25, -0.2) is 0 Å². The Kier molecular flexibility index (Phi) is 6.95. The second-order valence-corrected chi connectivity index (χ2v) is 7.28. The zero-order chi connectivity index (χ0) is 18.2. The Balaban J connectivity index is 1.61. The molecule has 3 nitrogen and oxygen atoms in total. The average Bonchev–Trinajstić information content (AvgIpc) is 3.15. The molecule has 3 rings (SSSR count). The molecule has 1 heterocycles. The minimum atomic E-state index is 0.455. The van der Waals surface area contributed by atoms with Crippen molar-refractivity contribution in [2.45, 2.75) is 26.6 Å². The molecule has 0 fully saturated rings. The lowest BCUT2D eigenvalue weighted by Gasteiger charge is -2.14. The minimum absolute atomic E-state index is 0.455. The Labute approximate surface area is 163 Å². The van der Waals surface area contributed by atoms with E-state index < -0.39 is 0 Å². The Morgan fingerprint density at radius 1 is 0.923 bits per heavy atom. The number of hydrogen-bond acceptors (Lipinski definition) is 4. The van der Waals surface area contributed by atoms with Gasteiger partial charge >= 0.3 is 0 Å². The van der Waals surface area contributed by atoms with Crippen LogP contribution < -0.4 is 14.8 Å². The van der Waals surface area contributed by atoms with E-state index in [0.717, 1.165) is 30.2 Å². The molecule has 3 aromatic rings. The first-order valence-electron chi connectivity index (χ1n) is 8.60. The summed E-state index contributed by atoms with van der Waals surface area (Å²) in [6, 6.07) is 18.0. The average molecular weight is 388 g/mol. The van der Waals surface area contributed by atoms with Crippen LogP contribution in [-0.2, 0) is 19.7 Å². The molecule has 0 spiro atoms. The van der Waals surface area contributed by atoms with Gasteiger partial charge in [0, 0.05) is 23.0 Å². The summed E-state index contributed by atoms with van der Waals surface area (Å²) in [6.07, 6.45) is 0. The highest BCUT2D eigenvalue weighted by molar-refractivity contribution is 7.09. The SMILES string of the molecule is CCOc1cc(CNCc2cccs2)ccc1OCc1cccc(Cl)c1. The third-order valence-corrected chi connectivity index (χ3v) is 4.91. The van der Waals surface area contributed by atoms with Crippen molar-refractivity contribution in [2.24, 2.45) is 0 Å². The molecule has 2 aromatic carbocycles. The maximum Gasteiger partial charge on any atom is 0.161 e. The molecule has 0 saturated heterocycles. The predicted octanol–water partition coefficient (Wildman–Crippen LogP) is 5.67. The lowest BCUT2D eigenvalue weighted by atomic mass is 10.2. The van der Waals surface area contributed by atoms with E-state index in [4.69, 9.17) is 21.1 Å². The summed E-state index contributed by atoms with van der Waals surface area (Å²) in [5, 5.41) is 6.26. The number of halogens is 1. The van der Waals surface area contributed by atoms with E-state index in [1.54, 1.807) is 11.3 Å². The molecule has 0 radical (unpaired) electrons. The molecular formula is C21H22ClNO2S. The summed E-state index contributed by atoms with van der Waals surface area (Å²) in [6.45, 7) is 4.68. The quantitative estimate of drug-likeness (QED) is 0.513. The molecule has 0 unspecified atom stereocenters. The topological polar surface area (TPSA) is 30.5 Å². The van der Waals surface area contributed by atoms with Gasteiger partial charge in [-0.05, 0) is 53.8 Å². The molecule has 1 aromatic heterocycles. The highest BCUT2D eigenvalue weighted by Crippen LogP contribution is 2.29. The Hall–Kier alpha value is -2.01. The molecule has 0 aliphatic heterocycles. The van der Waals surface area contributed by atoms with Gasteiger partial charge < -0.3 is 14.8 Å². The van der Waals surface area contributed by atoms with Gasteiger partial charge in [0.25, 0.3) is 0 Å². The smallest absolute Gasteiger partial charge is 0.161 e. The molecule has 0 aliphatic carbocycles. The van der Waals surface area contributed by atoms with Gasteiger partial charge in [-0.15, -0.1) is 11.3 Å². The van der Waals surface area contributed by atoms with Gasteiger partial charge in [0.05, 0.1) is 6.61 Å². The zero-order valence-electron chi connectivity index (χ0n) is 14.7. The lowest BCUT2D eigenvalue weighted by molar-refractivity contribution is 0.269. The minimum Gasteiger partial charge on any atom is -0.490 e. The molecule has 136 valence electrons. The standard InChI is InChI=1S/C21H22ClNO2S/c1-2-24-21-12-16(13-23-14-19-7-4-10-26-19)8-9-20(21)25-15-17-5-3-6-18(22)11-17/h3-12,23H,2,13-15H2,1H3. The van der Waals surface area contributed by atoms with Gasteiger partial charge in [-0.1, -0.05) is 35.9 Å². The molecular weight excluding hydrogens is 366 g/mol. The van der Waals surface area contributed by atoms with Crippen LogP contribution in [0.15, 0.2) is 60.0 Å². The summed E-state index contributed by atoms with van der Waals surface area (Å²) in [7, 11) is 0. The van der Waals surface area contributed by atoms with Gasteiger partial charge in [-0.2, -0.15) is 0 Å². The third kappa shape index (κ3) is 5.49. The van der Waals surface area contributed by atoms with Crippen LogP contribution in [0.3, 0.4) is 0 Å². The van der Waals surface area contributed by atoms with Crippen molar-refractivity contribution in [3.05, 3.63) is 81.0 Å². The number of hydrogen-bond donors (Lipinski definition) is 1. The van der Waals surface area contributed by atoms with Crippen LogP contribution in [-0.4, -0.2) is 6.61 Å². The molecule has 26 heavy (non-hydrogen) atoms. The molecule has 0 aliphatic rings. The predicted molar refractivity (Wildman–Crippen MR) is 108 cm³/mol. The van der Waals surface area contributed by atoms with E-state index in [1.165, 1.54) is 10.4 Å². The van der Waals surface area contributed by atoms with Crippen LogP contribution in [0, 0.1) is 0 Å². The van der Waals surface area contributed by atoms with Crippen molar-refractivity contribution in [3.8, 4) is 11.5 Å². The molecule has 0 saturated carbocycles. The second-order valence-electron chi connectivity index (χ2n) is 5.82. The van der Waals surface area contributed by atoms with Gasteiger partial charge in [0.2, 0.25) is 0 Å². The van der Waals surface area contributed by atoms with E-state index in [1.807, 2.05) is 43.3 Å². The number of ether oxygens (including phenoxy) is 2. The van der Waals surface area contributed by atoms with Crippen molar-refractivity contribution < 1.29 is 9.47 Å². The fourth-order valence-electron chi connectivity index (χ4n) is 2.58. The van der Waals surface area contributed by atoms with Crippen molar-refractivity contribution in [3.63, 3.8) is 0 Å². The van der Waals surface area contributed by atoms with E-state index in [9.17, 15) is 0 Å². The number of rotatable bonds is 9. The van der Waals surface area contributed by atoms with Crippen LogP contribution in [0.1, 0.15) is 22.9 Å². The molecule has 0 bridgehead atoms. The normalized spacial score (nSPS) is 10.7. The Morgan fingerprint density at radius 2 is 1.85 bits per heavy atom. The second kappa shape index (κ2) is 9.62. The molecule has 0 amide bonds. The molecule has 0 atom stereocenters. The monoisotopic (exact) mass is 387 g/mol. The summed E-state index contributed by atoms with van der Waals surface area (Å²) in [5.74, 6) is 1.51. The van der Waals surface area contributed by atoms with Gasteiger partial charge in [-0.3, -0.25) is 0 Å². The van der Waals surface area contributed by atoms with Crippen molar-refractivity contribution in [2.75, 3.05) is 6.61 Å². The summed E-state index contributed by atoms with van der Waals surface area (Å²) >= 11 is 7.79. The first kappa shape index (κ1) is 18.8. The van der Waals surface area contributed by atoms with Gasteiger partial charge in [0.1, 0.15) is 6.61 Å². The van der Waals surface area contributed by atoms with Crippen LogP contribution in [0.4, 0.5) is 0 Å². The van der Waals surface area contributed by atoms with E-state index in [0.29, 0.717) is 18.2 Å². The van der Waals surface area contributed by atoms with E-state index in [-0.39, 0.29) is 0 Å². The summed E-state index contributed by atoms with van der Waals surface area (Å²) in [4.78, 5) is 1.33. The zero-order valence-corrected chi connectivity index (χ0v) is 16.3. The highest BCUT2D eigenvalue weighted by atomic mass is 35.5. The van der Waals surface area contributed by atoms with Crippen LogP contribution in [0.2, 0.25) is 5.02 Å². The van der Waals surface area contributed by atoms with Crippen molar-refractivity contribution >= 4 is 22.9 Å². The number of benzene rings is 2. The van der Waals surface area contributed by atoms with Crippen LogP contribution >= 0.6 is 22.9 Å². The molecule has 5 heteroatoms. The Bertz CT molecular complexity index is 821. The van der Waals surface area contributed by atoms with Crippen molar-refractivity contribution in [1.29, 1.82) is 0 Å². The fraction of sp³-hybridized carbons (Fsp3) is 0.238. The highest BCUT2D eigenvalue weighted by Gasteiger charge is 2.07. The van der Waals surface area contributed by atoms with Crippen LogP contribution in [0.25, 0.3) is 0 Å².